The molecule has 0 radical (unpaired) electrons. The first-order valence-electron chi connectivity index (χ1n) is 7.52. The molecule has 0 aliphatic carbocycles. The first kappa shape index (κ1) is 16.5. The Morgan fingerprint density at radius 1 is 1.12 bits per heavy atom. The van der Waals surface area contributed by atoms with Crippen LogP contribution >= 0.6 is 0 Å². The second-order valence-corrected chi connectivity index (χ2v) is 7.64. The molecule has 0 aromatic heterocycles. The minimum atomic E-state index is -3.22. The second-order valence-electron chi connectivity index (χ2n) is 5.66. The number of carbonyl (C=O) groups excluding carboxylic acids is 1. The Morgan fingerprint density at radius 2 is 1.88 bits per heavy atom. The molecule has 6 nitrogen and oxygen atoms in total. The monoisotopic (exact) mass is 346 g/mol. The van der Waals surface area contributed by atoms with Crippen molar-refractivity contribution in [1.82, 2.24) is 4.31 Å². The molecule has 126 valence electrons. The Morgan fingerprint density at radius 3 is 2.58 bits per heavy atom. The topological polar surface area (TPSA) is 75.7 Å². The van der Waals surface area contributed by atoms with Crippen LogP contribution in [0.4, 0.5) is 10.5 Å². The predicted molar refractivity (Wildman–Crippen MR) is 91.5 cm³/mol. The van der Waals surface area contributed by atoms with Gasteiger partial charge in [0, 0.05) is 18.8 Å². The van der Waals surface area contributed by atoms with Crippen LogP contribution in [0.15, 0.2) is 48.5 Å². The van der Waals surface area contributed by atoms with Gasteiger partial charge in [-0.1, -0.05) is 24.3 Å². The molecule has 2 aromatic rings. The van der Waals surface area contributed by atoms with Crippen LogP contribution in [0.25, 0.3) is 0 Å². The normalized spacial score (nSPS) is 14.7. The van der Waals surface area contributed by atoms with Gasteiger partial charge in [0.05, 0.1) is 6.26 Å². The van der Waals surface area contributed by atoms with Gasteiger partial charge in [-0.2, -0.15) is 4.31 Å². The van der Waals surface area contributed by atoms with Gasteiger partial charge in [0.1, 0.15) is 5.75 Å². The number of para-hydroxylation sites is 1. The summed E-state index contributed by atoms with van der Waals surface area (Å²) in [7, 11) is -3.22. The first-order valence-corrected chi connectivity index (χ1v) is 9.37. The Bertz CT molecular complexity index is 850. The maximum Gasteiger partial charge on any atom is 0.417 e. The van der Waals surface area contributed by atoms with E-state index in [4.69, 9.17) is 4.74 Å². The molecule has 1 N–H and O–H groups in total. The highest BCUT2D eigenvalue weighted by Crippen LogP contribution is 2.24. The maximum atomic E-state index is 11.9. The number of fused-ring (bicyclic) bond motifs is 1. The zero-order valence-electron chi connectivity index (χ0n) is 13.2. The molecule has 7 heteroatoms. The van der Waals surface area contributed by atoms with E-state index >= 15 is 0 Å². The highest BCUT2D eigenvalue weighted by molar-refractivity contribution is 7.88. The highest BCUT2D eigenvalue weighted by atomic mass is 32.2. The fraction of sp³-hybridized carbons (Fsp3) is 0.235. The van der Waals surface area contributed by atoms with Gasteiger partial charge in [-0.05, 0) is 41.8 Å². The van der Waals surface area contributed by atoms with Crippen molar-refractivity contribution >= 4 is 21.8 Å². The Hall–Kier alpha value is -2.38. The van der Waals surface area contributed by atoms with Crippen LogP contribution in [0.5, 0.6) is 5.75 Å². The molecule has 1 aliphatic rings. The van der Waals surface area contributed by atoms with E-state index in [1.165, 1.54) is 10.6 Å². The quantitative estimate of drug-likeness (QED) is 0.927. The third-order valence-corrected chi connectivity index (χ3v) is 5.10. The van der Waals surface area contributed by atoms with Crippen molar-refractivity contribution in [3.8, 4) is 5.75 Å². The van der Waals surface area contributed by atoms with E-state index in [2.05, 4.69) is 5.32 Å². The molecule has 0 saturated carbocycles. The van der Waals surface area contributed by atoms with Crippen LogP contribution < -0.4 is 10.1 Å². The minimum absolute atomic E-state index is 0.317. The summed E-state index contributed by atoms with van der Waals surface area (Å²) in [6.45, 7) is 0.798. The van der Waals surface area contributed by atoms with Crippen molar-refractivity contribution in [3.05, 3.63) is 59.7 Å². The second kappa shape index (κ2) is 6.62. The van der Waals surface area contributed by atoms with Gasteiger partial charge in [-0.15, -0.1) is 0 Å². The minimum Gasteiger partial charge on any atom is -0.410 e. The summed E-state index contributed by atoms with van der Waals surface area (Å²) >= 11 is 0. The predicted octanol–water partition coefficient (Wildman–Crippen LogP) is 2.62. The number of nitrogens with one attached hydrogen (secondary N) is 1. The van der Waals surface area contributed by atoms with E-state index in [1.807, 2.05) is 12.1 Å². The zero-order chi connectivity index (χ0) is 17.2. The maximum absolute atomic E-state index is 11.9. The summed E-state index contributed by atoms with van der Waals surface area (Å²) < 4.78 is 30.0. The van der Waals surface area contributed by atoms with Gasteiger partial charge in [0.25, 0.3) is 0 Å². The molecule has 1 amide bonds. The van der Waals surface area contributed by atoms with E-state index in [0.29, 0.717) is 30.9 Å². The molecule has 0 fully saturated rings. The van der Waals surface area contributed by atoms with Crippen LogP contribution in [-0.2, 0) is 23.0 Å². The molecule has 1 aliphatic heterocycles. The van der Waals surface area contributed by atoms with Crippen molar-refractivity contribution < 1.29 is 17.9 Å². The number of ether oxygens (including phenoxy) is 1. The van der Waals surface area contributed by atoms with E-state index in [0.717, 1.165) is 11.1 Å². The number of hydrogen-bond donors (Lipinski definition) is 1. The molecule has 0 bridgehead atoms. The lowest BCUT2D eigenvalue weighted by molar-refractivity contribution is 0.215. The van der Waals surface area contributed by atoms with Gasteiger partial charge in [-0.3, -0.25) is 5.32 Å². The van der Waals surface area contributed by atoms with Gasteiger partial charge in [-0.25, -0.2) is 13.2 Å². The number of rotatable bonds is 3. The lowest BCUT2D eigenvalue weighted by Gasteiger charge is -2.27. The third kappa shape index (κ3) is 3.93. The molecule has 3 rings (SSSR count). The zero-order valence-corrected chi connectivity index (χ0v) is 14.0. The molecular weight excluding hydrogens is 328 g/mol. The van der Waals surface area contributed by atoms with Gasteiger partial charge in [0.15, 0.2) is 0 Å². The summed E-state index contributed by atoms with van der Waals surface area (Å²) in [6, 6.07) is 14.3. The summed E-state index contributed by atoms with van der Waals surface area (Å²) in [4.78, 5) is 11.9. The third-order valence-electron chi connectivity index (χ3n) is 3.85. The van der Waals surface area contributed by atoms with Crippen molar-refractivity contribution in [2.45, 2.75) is 13.0 Å². The van der Waals surface area contributed by atoms with Crippen molar-refractivity contribution in [2.75, 3.05) is 18.1 Å². The van der Waals surface area contributed by atoms with Gasteiger partial charge >= 0.3 is 6.09 Å². The van der Waals surface area contributed by atoms with Crippen LogP contribution in [-0.4, -0.2) is 31.6 Å². The van der Waals surface area contributed by atoms with Crippen molar-refractivity contribution in [2.24, 2.45) is 0 Å². The molecule has 0 atom stereocenters. The number of hydrogen-bond acceptors (Lipinski definition) is 4. The van der Waals surface area contributed by atoms with E-state index < -0.39 is 16.1 Å². The van der Waals surface area contributed by atoms with Crippen molar-refractivity contribution in [1.29, 1.82) is 0 Å². The number of amides is 1. The Kier molecular flexibility index (Phi) is 4.55. The fourth-order valence-electron chi connectivity index (χ4n) is 2.63. The molecule has 1 heterocycles. The number of carbonyl (C=O) groups is 1. The van der Waals surface area contributed by atoms with Gasteiger partial charge < -0.3 is 4.74 Å². The first-order chi connectivity index (χ1) is 11.4. The molecule has 0 spiro atoms. The number of benzene rings is 2. The number of nitrogens with zero attached hydrogens (tertiary/aromatic N) is 1. The molecule has 24 heavy (non-hydrogen) atoms. The largest absolute Gasteiger partial charge is 0.417 e. The van der Waals surface area contributed by atoms with E-state index in [-0.39, 0.29) is 0 Å². The lowest BCUT2D eigenvalue weighted by Crippen LogP contribution is -2.35. The van der Waals surface area contributed by atoms with Crippen LogP contribution in [0.2, 0.25) is 0 Å². The molecule has 0 unspecified atom stereocenters. The number of anilines is 1. The fourth-order valence-corrected chi connectivity index (χ4v) is 3.43. The van der Waals surface area contributed by atoms with E-state index in [1.54, 1.807) is 36.4 Å². The number of sulfonamides is 1. The highest BCUT2D eigenvalue weighted by Gasteiger charge is 2.23. The summed E-state index contributed by atoms with van der Waals surface area (Å²) in [6.07, 6.45) is 1.28. The summed E-state index contributed by atoms with van der Waals surface area (Å²) in [5, 5.41) is 2.66. The standard InChI is InChI=1S/C17H18N2O4S/c1-24(21,22)19-10-9-13-7-8-15(11-14(13)12-19)18-17(20)23-16-5-3-2-4-6-16/h2-8,11H,9-10,12H2,1H3,(H,18,20). The molecular formula is C17H18N2O4S. The van der Waals surface area contributed by atoms with Crippen LogP contribution in [0, 0.1) is 0 Å². The van der Waals surface area contributed by atoms with E-state index in [9.17, 15) is 13.2 Å². The average Bonchev–Trinajstić information content (AvgIpc) is 2.54. The Balaban J connectivity index is 1.71. The van der Waals surface area contributed by atoms with Crippen molar-refractivity contribution in [3.63, 3.8) is 0 Å². The van der Waals surface area contributed by atoms with Crippen LogP contribution in [0.3, 0.4) is 0 Å². The lowest BCUT2D eigenvalue weighted by atomic mass is 10.0. The Labute approximate surface area is 141 Å². The smallest absolute Gasteiger partial charge is 0.410 e. The SMILES string of the molecule is CS(=O)(=O)N1CCc2ccc(NC(=O)Oc3ccccc3)cc2C1. The molecule has 0 saturated heterocycles. The summed E-state index contributed by atoms with van der Waals surface area (Å²) in [5.41, 5.74) is 2.56. The average molecular weight is 346 g/mol. The summed E-state index contributed by atoms with van der Waals surface area (Å²) in [5.74, 6) is 0.455. The van der Waals surface area contributed by atoms with Crippen LogP contribution in [0.1, 0.15) is 11.1 Å². The van der Waals surface area contributed by atoms with Gasteiger partial charge in [0.2, 0.25) is 10.0 Å². The molecule has 2 aromatic carbocycles.